The number of hydrogen-bond acceptors (Lipinski definition) is 1. The van der Waals surface area contributed by atoms with Gasteiger partial charge < -0.3 is 0 Å². The molecule has 2 fully saturated rings. The fraction of sp³-hybridized carbons (Fsp3) is 0.438. The largest absolute Gasteiger partial charge is 0.298 e. The summed E-state index contributed by atoms with van der Waals surface area (Å²) in [6.45, 7) is 0. The molecule has 0 spiro atoms. The fourth-order valence-corrected chi connectivity index (χ4v) is 5.25. The summed E-state index contributed by atoms with van der Waals surface area (Å²) in [5.74, 6) is 3.65. The van der Waals surface area contributed by atoms with E-state index in [-0.39, 0.29) is 11.8 Å². The van der Waals surface area contributed by atoms with Crippen molar-refractivity contribution >= 4 is 5.78 Å². The summed E-state index contributed by atoms with van der Waals surface area (Å²) >= 11 is 0. The third-order valence-electron chi connectivity index (χ3n) is 5.69. The van der Waals surface area contributed by atoms with Crippen LogP contribution in [0, 0.1) is 23.7 Å². The first-order chi connectivity index (χ1) is 8.36. The second-order valence-corrected chi connectivity index (χ2v) is 6.07. The minimum absolute atomic E-state index is 0.258. The average molecular weight is 222 g/mol. The van der Waals surface area contributed by atoms with Gasteiger partial charge in [-0.15, -0.1) is 0 Å². The number of allylic oxidation sites excluding steroid dienone is 2. The van der Waals surface area contributed by atoms with Crippen LogP contribution in [0.5, 0.6) is 0 Å². The molecule has 84 valence electrons. The zero-order chi connectivity index (χ0) is 11.1. The van der Waals surface area contributed by atoms with Gasteiger partial charge in [-0.1, -0.05) is 36.4 Å². The fourth-order valence-electron chi connectivity index (χ4n) is 5.25. The smallest absolute Gasteiger partial charge is 0.147 e. The van der Waals surface area contributed by atoms with Gasteiger partial charge in [0, 0.05) is 11.8 Å². The van der Waals surface area contributed by atoms with Crippen LogP contribution >= 0.6 is 0 Å². The molecule has 0 aliphatic heterocycles. The lowest BCUT2D eigenvalue weighted by Gasteiger charge is -2.32. The zero-order valence-corrected chi connectivity index (χ0v) is 9.54. The molecule has 4 bridgehead atoms. The number of Topliss-reactive ketones (excluding diaryl/α,β-unsaturated/α-hetero) is 1. The third-order valence-corrected chi connectivity index (χ3v) is 5.69. The van der Waals surface area contributed by atoms with Gasteiger partial charge in [0.05, 0.1) is 0 Å². The van der Waals surface area contributed by atoms with E-state index in [9.17, 15) is 4.79 Å². The van der Waals surface area contributed by atoms with Gasteiger partial charge in [0.1, 0.15) is 5.78 Å². The molecule has 1 aromatic rings. The molecule has 0 N–H and O–H groups in total. The average Bonchev–Trinajstić information content (AvgIpc) is 3.07. The second-order valence-electron chi connectivity index (χ2n) is 6.07. The summed E-state index contributed by atoms with van der Waals surface area (Å²) < 4.78 is 0. The topological polar surface area (TPSA) is 17.1 Å². The van der Waals surface area contributed by atoms with Crippen LogP contribution in [0.3, 0.4) is 0 Å². The number of benzene rings is 1. The Morgan fingerprint density at radius 2 is 1.41 bits per heavy atom. The molecule has 1 nitrogen and oxygen atoms in total. The van der Waals surface area contributed by atoms with Gasteiger partial charge in [0.2, 0.25) is 0 Å². The number of carbonyl (C=O) groups is 1. The third kappa shape index (κ3) is 0.782. The molecule has 5 rings (SSSR count). The quantitative estimate of drug-likeness (QED) is 0.487. The van der Waals surface area contributed by atoms with Crippen molar-refractivity contribution in [1.29, 1.82) is 0 Å². The number of fused-ring (bicyclic) bond motifs is 12. The van der Waals surface area contributed by atoms with E-state index >= 15 is 0 Å². The Kier molecular flexibility index (Phi) is 1.30. The molecule has 17 heavy (non-hydrogen) atoms. The van der Waals surface area contributed by atoms with Crippen molar-refractivity contribution in [1.82, 2.24) is 0 Å². The van der Waals surface area contributed by atoms with Gasteiger partial charge in [-0.3, -0.25) is 4.79 Å². The first-order valence-corrected chi connectivity index (χ1v) is 6.67. The van der Waals surface area contributed by atoms with Gasteiger partial charge >= 0.3 is 0 Å². The predicted octanol–water partition coefficient (Wildman–Crippen LogP) is 2.89. The van der Waals surface area contributed by atoms with E-state index in [0.29, 0.717) is 29.5 Å². The molecule has 1 aromatic carbocycles. The summed E-state index contributed by atoms with van der Waals surface area (Å²) in [6, 6.07) is 8.88. The lowest BCUT2D eigenvalue weighted by molar-refractivity contribution is -0.121. The molecule has 0 saturated heterocycles. The summed E-state index contributed by atoms with van der Waals surface area (Å²) in [5.41, 5.74) is 3.10. The second kappa shape index (κ2) is 2.55. The van der Waals surface area contributed by atoms with Gasteiger partial charge in [0.25, 0.3) is 0 Å². The summed E-state index contributed by atoms with van der Waals surface area (Å²) in [4.78, 5) is 12.2. The first kappa shape index (κ1) is 8.68. The minimum Gasteiger partial charge on any atom is -0.298 e. The number of carbonyl (C=O) groups excluding carboxylic acids is 1. The lowest BCUT2D eigenvalue weighted by Crippen LogP contribution is -2.25. The van der Waals surface area contributed by atoms with Crippen molar-refractivity contribution in [3.63, 3.8) is 0 Å². The Morgan fingerprint density at radius 1 is 0.882 bits per heavy atom. The van der Waals surface area contributed by atoms with Crippen LogP contribution in [0.15, 0.2) is 36.4 Å². The highest BCUT2D eigenvalue weighted by atomic mass is 16.1. The van der Waals surface area contributed by atoms with Gasteiger partial charge in [-0.05, 0) is 41.2 Å². The van der Waals surface area contributed by atoms with Crippen molar-refractivity contribution in [2.24, 2.45) is 23.7 Å². The highest BCUT2D eigenvalue weighted by Gasteiger charge is 2.63. The number of rotatable bonds is 0. The van der Waals surface area contributed by atoms with Gasteiger partial charge in [-0.2, -0.15) is 0 Å². The van der Waals surface area contributed by atoms with E-state index in [1.165, 1.54) is 6.42 Å². The highest BCUT2D eigenvalue weighted by molar-refractivity contribution is 5.93. The molecule has 4 aliphatic carbocycles. The van der Waals surface area contributed by atoms with Crippen molar-refractivity contribution in [2.45, 2.75) is 18.3 Å². The molecule has 1 heteroatoms. The molecule has 2 saturated carbocycles. The van der Waals surface area contributed by atoms with Crippen LogP contribution in [0.4, 0.5) is 0 Å². The van der Waals surface area contributed by atoms with E-state index in [4.69, 9.17) is 0 Å². The Morgan fingerprint density at radius 3 is 1.94 bits per heavy atom. The van der Waals surface area contributed by atoms with E-state index < -0.39 is 0 Å². The zero-order valence-electron chi connectivity index (χ0n) is 9.54. The van der Waals surface area contributed by atoms with Gasteiger partial charge in [-0.25, -0.2) is 0 Å². The van der Waals surface area contributed by atoms with E-state index in [1.807, 2.05) is 0 Å². The van der Waals surface area contributed by atoms with Gasteiger partial charge in [0.15, 0.2) is 0 Å². The van der Waals surface area contributed by atoms with E-state index in [2.05, 4.69) is 36.4 Å². The summed E-state index contributed by atoms with van der Waals surface area (Å²) in [5, 5.41) is 0. The van der Waals surface area contributed by atoms with Crippen LogP contribution in [0.1, 0.15) is 29.4 Å². The Bertz CT molecular complexity index is 524. The molecule has 0 heterocycles. The molecular formula is C16H14O. The highest BCUT2D eigenvalue weighted by Crippen LogP contribution is 2.68. The molecule has 6 atom stereocenters. The van der Waals surface area contributed by atoms with E-state index in [0.717, 1.165) is 0 Å². The standard InChI is InChI=1S/C16H14O/c17-16-10-5-6-11(16)15-13-7-12(14(10)15)8-3-1-2-4-9(8)13/h1-6,10-15H,7H2/t10-,11-,12-,13-,14-,15-/m0/s1. The minimum atomic E-state index is 0.258. The maximum atomic E-state index is 12.2. The normalized spacial score (nSPS) is 47.6. The Hall–Kier alpha value is -1.37. The van der Waals surface area contributed by atoms with Crippen LogP contribution < -0.4 is 0 Å². The molecule has 4 aliphatic rings. The molecular weight excluding hydrogens is 208 g/mol. The van der Waals surface area contributed by atoms with Crippen molar-refractivity contribution in [3.05, 3.63) is 47.5 Å². The Labute approximate surface area is 101 Å². The van der Waals surface area contributed by atoms with Crippen molar-refractivity contribution in [2.75, 3.05) is 0 Å². The monoisotopic (exact) mass is 222 g/mol. The first-order valence-electron chi connectivity index (χ1n) is 6.67. The maximum Gasteiger partial charge on any atom is 0.147 e. The van der Waals surface area contributed by atoms with Crippen molar-refractivity contribution < 1.29 is 4.79 Å². The van der Waals surface area contributed by atoms with Crippen LogP contribution in [0.2, 0.25) is 0 Å². The lowest BCUT2D eigenvalue weighted by atomic mass is 9.71. The van der Waals surface area contributed by atoms with Crippen LogP contribution in [-0.2, 0) is 4.79 Å². The molecule has 0 unspecified atom stereocenters. The maximum absolute atomic E-state index is 12.2. The predicted molar refractivity (Wildman–Crippen MR) is 64.6 cm³/mol. The number of hydrogen-bond donors (Lipinski definition) is 0. The number of ketones is 1. The van der Waals surface area contributed by atoms with Crippen molar-refractivity contribution in [3.8, 4) is 0 Å². The Balaban J connectivity index is 1.73. The molecule has 0 radical (unpaired) electrons. The molecule has 0 aromatic heterocycles. The van der Waals surface area contributed by atoms with E-state index in [1.54, 1.807) is 11.1 Å². The summed E-state index contributed by atoms with van der Waals surface area (Å²) in [7, 11) is 0. The molecule has 0 amide bonds. The van der Waals surface area contributed by atoms with Crippen LogP contribution in [0.25, 0.3) is 0 Å². The van der Waals surface area contributed by atoms with Crippen LogP contribution in [-0.4, -0.2) is 5.78 Å². The summed E-state index contributed by atoms with van der Waals surface area (Å²) in [6.07, 6.45) is 5.69. The SMILES string of the molecule is O=C1[C@H]2C=C[C@H]1[C@@H]1[C@@H]2[C@H]2C[C@H]1c1ccccc12.